The molecular weight excluding hydrogens is 320 g/mol. The summed E-state index contributed by atoms with van der Waals surface area (Å²) >= 11 is 0. The molecule has 0 saturated carbocycles. The Morgan fingerprint density at radius 1 is 0.760 bits per heavy atom. The fourth-order valence-corrected chi connectivity index (χ4v) is 5.13. The molecule has 1 heterocycles. The van der Waals surface area contributed by atoms with Crippen molar-refractivity contribution in [2.75, 3.05) is 0 Å². The SMILES string of the molecule is Cc1nc(-c2ccccc2)c2ccc3cccc([Si](C)(C)C)c3c2n1. The zero-order valence-corrected chi connectivity index (χ0v) is 16.2. The summed E-state index contributed by atoms with van der Waals surface area (Å²) in [5.41, 5.74) is 3.25. The maximum absolute atomic E-state index is 4.88. The quantitative estimate of drug-likeness (QED) is 0.365. The minimum absolute atomic E-state index is 0.823. The van der Waals surface area contributed by atoms with Crippen LogP contribution >= 0.6 is 0 Å². The van der Waals surface area contributed by atoms with Crippen LogP contribution in [0.3, 0.4) is 0 Å². The van der Waals surface area contributed by atoms with Gasteiger partial charge in [-0.3, -0.25) is 0 Å². The molecule has 0 spiro atoms. The monoisotopic (exact) mass is 342 g/mol. The van der Waals surface area contributed by atoms with Gasteiger partial charge in [-0.1, -0.05) is 79.4 Å². The van der Waals surface area contributed by atoms with Crippen LogP contribution in [0.5, 0.6) is 0 Å². The standard InChI is InChI=1S/C22H22N2Si/c1-15-23-21(17-9-6-5-7-10-17)18-14-13-16-11-8-12-19(25(2,3)4)20(16)22(18)24-15/h5-14H,1-4H3. The first-order valence-corrected chi connectivity index (χ1v) is 12.2. The second kappa shape index (κ2) is 5.78. The lowest BCUT2D eigenvalue weighted by Crippen LogP contribution is -2.38. The van der Waals surface area contributed by atoms with Crippen LogP contribution in [0.4, 0.5) is 0 Å². The molecule has 3 heteroatoms. The average Bonchev–Trinajstić information content (AvgIpc) is 2.60. The summed E-state index contributed by atoms with van der Waals surface area (Å²) in [5.74, 6) is 0.823. The van der Waals surface area contributed by atoms with Gasteiger partial charge >= 0.3 is 0 Å². The smallest absolute Gasteiger partial charge is 0.126 e. The first-order chi connectivity index (χ1) is 11.9. The fraction of sp³-hybridized carbons (Fsp3) is 0.182. The second-order valence-electron chi connectivity index (χ2n) is 7.60. The van der Waals surface area contributed by atoms with Gasteiger partial charge in [0, 0.05) is 16.3 Å². The zero-order chi connectivity index (χ0) is 17.6. The summed E-state index contributed by atoms with van der Waals surface area (Å²) in [6, 6.07) is 21.4. The molecule has 3 aromatic carbocycles. The van der Waals surface area contributed by atoms with Crippen LogP contribution < -0.4 is 5.19 Å². The lowest BCUT2D eigenvalue weighted by molar-refractivity contribution is 1.10. The number of rotatable bonds is 2. The summed E-state index contributed by atoms with van der Waals surface area (Å²) in [7, 11) is -1.49. The molecule has 0 saturated heterocycles. The molecule has 1 aromatic heterocycles. The number of nitrogens with zero attached hydrogens (tertiary/aromatic N) is 2. The first-order valence-electron chi connectivity index (χ1n) is 8.71. The molecule has 0 atom stereocenters. The molecule has 25 heavy (non-hydrogen) atoms. The molecule has 4 aromatic rings. The van der Waals surface area contributed by atoms with Gasteiger partial charge in [-0.25, -0.2) is 9.97 Å². The van der Waals surface area contributed by atoms with Gasteiger partial charge in [-0.15, -0.1) is 0 Å². The van der Waals surface area contributed by atoms with Gasteiger partial charge in [0.1, 0.15) is 5.82 Å². The van der Waals surface area contributed by atoms with Crippen molar-refractivity contribution in [3.05, 3.63) is 66.5 Å². The number of hydrogen-bond acceptors (Lipinski definition) is 2. The summed E-state index contributed by atoms with van der Waals surface area (Å²) < 4.78 is 0. The molecule has 0 aliphatic heterocycles. The van der Waals surface area contributed by atoms with E-state index in [4.69, 9.17) is 9.97 Å². The van der Waals surface area contributed by atoms with Gasteiger partial charge in [0.2, 0.25) is 0 Å². The Kier molecular flexibility index (Phi) is 3.69. The van der Waals surface area contributed by atoms with E-state index in [1.807, 2.05) is 13.0 Å². The highest BCUT2D eigenvalue weighted by atomic mass is 28.3. The molecule has 124 valence electrons. The molecule has 0 aliphatic carbocycles. The van der Waals surface area contributed by atoms with Crippen LogP contribution in [0, 0.1) is 6.92 Å². The third kappa shape index (κ3) is 2.75. The van der Waals surface area contributed by atoms with E-state index in [1.165, 1.54) is 16.0 Å². The van der Waals surface area contributed by atoms with Crippen LogP contribution in [-0.4, -0.2) is 18.0 Å². The van der Waals surface area contributed by atoms with Crippen LogP contribution in [0.1, 0.15) is 5.82 Å². The van der Waals surface area contributed by atoms with Gasteiger partial charge in [-0.05, 0) is 18.4 Å². The van der Waals surface area contributed by atoms with Crippen LogP contribution in [0.25, 0.3) is 32.9 Å². The largest absolute Gasteiger partial charge is 0.233 e. The third-order valence-corrected chi connectivity index (χ3v) is 6.71. The highest BCUT2D eigenvalue weighted by Gasteiger charge is 2.21. The summed E-state index contributed by atoms with van der Waals surface area (Å²) in [6.07, 6.45) is 0. The fourth-order valence-electron chi connectivity index (χ4n) is 3.52. The van der Waals surface area contributed by atoms with E-state index in [9.17, 15) is 0 Å². The number of hydrogen-bond donors (Lipinski definition) is 0. The van der Waals surface area contributed by atoms with Gasteiger partial charge in [0.15, 0.2) is 0 Å². The molecule has 0 fully saturated rings. The average molecular weight is 343 g/mol. The molecular formula is C22H22N2Si. The molecule has 0 radical (unpaired) electrons. The van der Waals surface area contributed by atoms with Crippen LogP contribution in [0.2, 0.25) is 19.6 Å². The van der Waals surface area contributed by atoms with E-state index in [2.05, 4.69) is 74.2 Å². The minimum Gasteiger partial charge on any atom is -0.233 e. The molecule has 0 aliphatic rings. The Bertz CT molecular complexity index is 1080. The highest BCUT2D eigenvalue weighted by molar-refractivity contribution is 6.90. The number of aromatic nitrogens is 2. The molecule has 0 amide bonds. The Balaban J connectivity index is 2.18. The Morgan fingerprint density at radius 3 is 2.24 bits per heavy atom. The van der Waals surface area contributed by atoms with Crippen molar-refractivity contribution in [2.45, 2.75) is 26.6 Å². The molecule has 0 bridgehead atoms. The third-order valence-electron chi connectivity index (χ3n) is 4.68. The van der Waals surface area contributed by atoms with Crippen LogP contribution in [-0.2, 0) is 0 Å². The predicted molar refractivity (Wildman–Crippen MR) is 110 cm³/mol. The van der Waals surface area contributed by atoms with Crippen molar-refractivity contribution in [1.29, 1.82) is 0 Å². The van der Waals surface area contributed by atoms with Crippen molar-refractivity contribution in [1.82, 2.24) is 9.97 Å². The molecule has 0 N–H and O–H groups in total. The van der Waals surface area contributed by atoms with Crippen molar-refractivity contribution < 1.29 is 0 Å². The molecule has 4 rings (SSSR count). The van der Waals surface area contributed by atoms with E-state index >= 15 is 0 Å². The Hall–Kier alpha value is -2.52. The number of benzene rings is 3. The van der Waals surface area contributed by atoms with E-state index in [0.717, 1.165) is 28.0 Å². The van der Waals surface area contributed by atoms with E-state index in [0.29, 0.717) is 0 Å². The Labute approximate surface area is 149 Å². The minimum atomic E-state index is -1.49. The van der Waals surface area contributed by atoms with Crippen molar-refractivity contribution >= 4 is 34.9 Å². The van der Waals surface area contributed by atoms with E-state index in [-0.39, 0.29) is 0 Å². The van der Waals surface area contributed by atoms with E-state index in [1.54, 1.807) is 0 Å². The van der Waals surface area contributed by atoms with Gasteiger partial charge in [0.25, 0.3) is 0 Å². The highest BCUT2D eigenvalue weighted by Crippen LogP contribution is 2.31. The van der Waals surface area contributed by atoms with Crippen molar-refractivity contribution in [3.63, 3.8) is 0 Å². The Morgan fingerprint density at radius 2 is 1.52 bits per heavy atom. The summed E-state index contributed by atoms with van der Waals surface area (Å²) in [5, 5.41) is 5.18. The van der Waals surface area contributed by atoms with Gasteiger partial charge in [-0.2, -0.15) is 0 Å². The van der Waals surface area contributed by atoms with Gasteiger partial charge < -0.3 is 0 Å². The normalized spacial score (nSPS) is 12.0. The van der Waals surface area contributed by atoms with E-state index < -0.39 is 8.07 Å². The van der Waals surface area contributed by atoms with Crippen molar-refractivity contribution in [3.8, 4) is 11.3 Å². The zero-order valence-electron chi connectivity index (χ0n) is 15.2. The van der Waals surface area contributed by atoms with Crippen LogP contribution in [0.15, 0.2) is 60.7 Å². The molecule has 2 nitrogen and oxygen atoms in total. The molecule has 0 unspecified atom stereocenters. The number of aryl methyl sites for hydroxylation is 1. The summed E-state index contributed by atoms with van der Waals surface area (Å²) in [4.78, 5) is 9.65. The maximum Gasteiger partial charge on any atom is 0.126 e. The topological polar surface area (TPSA) is 25.8 Å². The lowest BCUT2D eigenvalue weighted by Gasteiger charge is -2.20. The van der Waals surface area contributed by atoms with Gasteiger partial charge in [0.05, 0.1) is 19.3 Å². The second-order valence-corrected chi connectivity index (χ2v) is 12.6. The lowest BCUT2D eigenvalue weighted by atomic mass is 10.0. The maximum atomic E-state index is 4.88. The summed E-state index contributed by atoms with van der Waals surface area (Å²) in [6.45, 7) is 9.17. The number of fused-ring (bicyclic) bond motifs is 3. The first kappa shape index (κ1) is 16.0. The predicted octanol–water partition coefficient (Wildman–Crippen LogP) is 5.30. The van der Waals surface area contributed by atoms with Crippen molar-refractivity contribution in [2.24, 2.45) is 0 Å².